The summed E-state index contributed by atoms with van der Waals surface area (Å²) < 4.78 is 0. The molecule has 4 atom stereocenters. The molecule has 2 saturated heterocycles. The zero-order valence-electron chi connectivity index (χ0n) is 15.8. The van der Waals surface area contributed by atoms with E-state index in [9.17, 15) is 0 Å². The van der Waals surface area contributed by atoms with Crippen LogP contribution in [0.1, 0.15) is 64.8 Å². The number of hydrogen-bond donors (Lipinski definition) is 0. The maximum atomic E-state index is 5.07. The number of hydrogen-bond acceptors (Lipinski definition) is 1. The van der Waals surface area contributed by atoms with Crippen LogP contribution in [-0.4, -0.2) is 44.4 Å². The second-order valence-corrected chi connectivity index (χ2v) is 13.7. The summed E-state index contributed by atoms with van der Waals surface area (Å²) in [6.45, 7) is 9.85. The summed E-state index contributed by atoms with van der Waals surface area (Å²) in [4.78, 5) is 5.07. The predicted octanol–water partition coefficient (Wildman–Crippen LogP) is 5.43. The van der Waals surface area contributed by atoms with Crippen LogP contribution in [0.25, 0.3) is 0 Å². The molecule has 1 aromatic rings. The van der Waals surface area contributed by atoms with Crippen LogP contribution in [0, 0.1) is 0 Å². The van der Waals surface area contributed by atoms with E-state index >= 15 is 0 Å². The van der Waals surface area contributed by atoms with Gasteiger partial charge in [0.25, 0.3) is 0 Å². The van der Waals surface area contributed by atoms with E-state index < -0.39 is 0 Å². The Morgan fingerprint density at radius 3 is 1.42 bits per heavy atom. The Hall–Kier alpha value is 0.140. The largest absolute Gasteiger partial charge is 0.257 e. The number of pyridine rings is 1. The molecule has 0 spiro atoms. The third-order valence-electron chi connectivity index (χ3n) is 5.82. The molecular formula is C19H31B2NP2. The van der Waals surface area contributed by atoms with E-state index in [4.69, 9.17) is 4.98 Å². The van der Waals surface area contributed by atoms with Crippen LogP contribution in [0.3, 0.4) is 0 Å². The summed E-state index contributed by atoms with van der Waals surface area (Å²) in [5, 5.41) is 0. The topological polar surface area (TPSA) is 12.9 Å². The fraction of sp³-hybridized carbons (Fsp3) is 0.737. The summed E-state index contributed by atoms with van der Waals surface area (Å²) in [6.07, 6.45) is 8.27. The maximum Gasteiger partial charge on any atom is 0.0450 e. The zero-order valence-corrected chi connectivity index (χ0v) is 17.6. The second-order valence-electron chi connectivity index (χ2n) is 7.52. The molecule has 0 amide bonds. The van der Waals surface area contributed by atoms with Crippen LogP contribution >= 0.6 is 15.8 Å². The van der Waals surface area contributed by atoms with Gasteiger partial charge in [-0.1, -0.05) is 49.6 Å². The molecule has 0 bridgehead atoms. The normalized spacial score (nSPS) is 30.8. The maximum absolute atomic E-state index is 5.07. The third-order valence-corrected chi connectivity index (χ3v) is 12.8. The molecule has 2 fully saturated rings. The molecular weight excluding hydrogens is 326 g/mol. The van der Waals surface area contributed by atoms with Gasteiger partial charge >= 0.3 is 0 Å². The van der Waals surface area contributed by atoms with E-state index in [1.807, 2.05) is 0 Å². The molecule has 3 heterocycles. The van der Waals surface area contributed by atoms with Crippen molar-refractivity contribution in [3.05, 3.63) is 29.6 Å². The lowest BCUT2D eigenvalue weighted by molar-refractivity contribution is 0.777. The lowest BCUT2D eigenvalue weighted by Crippen LogP contribution is -2.04. The van der Waals surface area contributed by atoms with Gasteiger partial charge in [-0.2, -0.15) is 0 Å². The minimum Gasteiger partial charge on any atom is -0.257 e. The predicted molar refractivity (Wildman–Crippen MR) is 113 cm³/mol. The van der Waals surface area contributed by atoms with Gasteiger partial charge in [0.05, 0.1) is 0 Å². The van der Waals surface area contributed by atoms with E-state index in [-0.39, 0.29) is 32.7 Å². The van der Waals surface area contributed by atoms with E-state index in [0.717, 1.165) is 22.6 Å². The fourth-order valence-electron chi connectivity index (χ4n) is 4.20. The molecule has 24 heavy (non-hydrogen) atoms. The van der Waals surface area contributed by atoms with Crippen LogP contribution in [0.5, 0.6) is 0 Å². The van der Waals surface area contributed by atoms with Crippen molar-refractivity contribution in [1.82, 2.24) is 4.98 Å². The van der Waals surface area contributed by atoms with Gasteiger partial charge < -0.3 is 0 Å². The SMILES string of the molecule is C[C@H]1CC[C@H](C)P1Cc1cccc(CP2[C@@H](C)CC[C@@H]2C)n1.[B].[B]. The Morgan fingerprint density at radius 1 is 0.750 bits per heavy atom. The average molecular weight is 357 g/mol. The summed E-state index contributed by atoms with van der Waals surface area (Å²) >= 11 is 0. The van der Waals surface area contributed by atoms with Crippen LogP contribution in [0.2, 0.25) is 0 Å². The van der Waals surface area contributed by atoms with Crippen LogP contribution in [0.15, 0.2) is 18.2 Å². The van der Waals surface area contributed by atoms with E-state index in [0.29, 0.717) is 0 Å². The van der Waals surface area contributed by atoms with Crippen LogP contribution < -0.4 is 0 Å². The summed E-state index contributed by atoms with van der Waals surface area (Å²) in [5.74, 6) is 0. The Morgan fingerprint density at radius 2 is 1.08 bits per heavy atom. The summed E-state index contributed by atoms with van der Waals surface area (Å²) in [6, 6.07) is 6.82. The first-order chi connectivity index (χ1) is 10.5. The molecule has 0 saturated carbocycles. The highest BCUT2D eigenvalue weighted by atomic mass is 31.1. The van der Waals surface area contributed by atoms with Crippen LogP contribution in [0.4, 0.5) is 0 Å². The van der Waals surface area contributed by atoms with Gasteiger partial charge in [-0.3, -0.25) is 4.98 Å². The highest BCUT2D eigenvalue weighted by Gasteiger charge is 2.31. The molecule has 0 N–H and O–H groups in total. The van der Waals surface area contributed by atoms with Crippen molar-refractivity contribution in [1.29, 1.82) is 0 Å². The van der Waals surface area contributed by atoms with Crippen molar-refractivity contribution < 1.29 is 0 Å². The summed E-state index contributed by atoms with van der Waals surface area (Å²) in [5.41, 5.74) is 6.51. The number of aromatic nitrogens is 1. The molecule has 1 aromatic heterocycles. The minimum atomic E-state index is 0. The first-order valence-corrected chi connectivity index (χ1v) is 12.3. The van der Waals surface area contributed by atoms with Crippen molar-refractivity contribution in [2.24, 2.45) is 0 Å². The molecule has 2 aliphatic rings. The first-order valence-electron chi connectivity index (χ1n) is 9.01. The molecule has 0 aromatic carbocycles. The standard InChI is InChI=1S/C19H31NP2.2B/c1-14-8-9-15(2)21(14)12-18-6-5-7-19(20-18)13-22-16(3)10-11-17(22)4;;/h5-7,14-17H,8-13H2,1-4H3;;/t14-,15-,16-,17-;;/m0../s1. The average Bonchev–Trinajstić information content (AvgIpc) is 2.98. The Labute approximate surface area is 155 Å². The van der Waals surface area contributed by atoms with E-state index in [1.165, 1.54) is 49.4 Å². The molecule has 0 aliphatic carbocycles. The Bertz CT molecular complexity index is 453. The zero-order chi connectivity index (χ0) is 15.7. The van der Waals surface area contributed by atoms with Gasteiger partial charge in [0.15, 0.2) is 0 Å². The first kappa shape index (κ1) is 22.2. The number of rotatable bonds is 4. The lowest BCUT2D eigenvalue weighted by Gasteiger charge is -2.22. The van der Waals surface area contributed by atoms with E-state index in [2.05, 4.69) is 45.9 Å². The highest BCUT2D eigenvalue weighted by molar-refractivity contribution is 7.59. The monoisotopic (exact) mass is 357 g/mol. The Kier molecular flexibility index (Phi) is 8.99. The van der Waals surface area contributed by atoms with Crippen molar-refractivity contribution >= 4 is 32.7 Å². The lowest BCUT2D eigenvalue weighted by atomic mass is 10.2. The van der Waals surface area contributed by atoms with Gasteiger partial charge in [-0.15, -0.1) is 0 Å². The molecule has 2 aliphatic heterocycles. The molecule has 6 radical (unpaired) electrons. The van der Waals surface area contributed by atoms with Crippen LogP contribution in [-0.2, 0) is 12.3 Å². The third kappa shape index (κ3) is 5.08. The number of nitrogens with zero attached hydrogens (tertiary/aromatic N) is 1. The van der Waals surface area contributed by atoms with Gasteiger partial charge in [0.2, 0.25) is 0 Å². The molecule has 5 heteroatoms. The summed E-state index contributed by atoms with van der Waals surface area (Å²) in [7, 11) is 0.307. The van der Waals surface area contributed by atoms with Crippen molar-refractivity contribution in [2.45, 2.75) is 88.3 Å². The van der Waals surface area contributed by atoms with Gasteiger partial charge in [-0.05, 0) is 60.5 Å². The molecule has 1 nitrogen and oxygen atoms in total. The molecule has 3 rings (SSSR count). The molecule has 128 valence electrons. The quantitative estimate of drug-likeness (QED) is 0.518. The van der Waals surface area contributed by atoms with E-state index in [1.54, 1.807) is 0 Å². The van der Waals surface area contributed by atoms with Gasteiger partial charge in [0, 0.05) is 40.5 Å². The highest BCUT2D eigenvalue weighted by Crippen LogP contribution is 2.58. The fourth-order valence-corrected chi connectivity index (χ4v) is 10.2. The van der Waals surface area contributed by atoms with Crippen molar-refractivity contribution in [3.8, 4) is 0 Å². The Balaban J connectivity index is 0.00000144. The van der Waals surface area contributed by atoms with Gasteiger partial charge in [0.1, 0.15) is 0 Å². The van der Waals surface area contributed by atoms with Crippen molar-refractivity contribution in [2.75, 3.05) is 0 Å². The smallest absolute Gasteiger partial charge is 0.0450 e. The molecule has 0 unspecified atom stereocenters. The van der Waals surface area contributed by atoms with Crippen molar-refractivity contribution in [3.63, 3.8) is 0 Å². The second kappa shape index (κ2) is 9.73. The van der Waals surface area contributed by atoms with Gasteiger partial charge in [-0.25, -0.2) is 0 Å². The minimum absolute atomic E-state index is 0.